The quantitative estimate of drug-likeness (QED) is 0.663. The van der Waals surface area contributed by atoms with E-state index in [2.05, 4.69) is 23.0 Å². The molecule has 0 aromatic rings. The SMILES string of the molecule is CCCn1oc2c3ncnc-3cc(=S)c=2cc1C. The zero-order valence-corrected chi connectivity index (χ0v) is 11.1. The first-order valence-electron chi connectivity index (χ1n) is 5.96. The standard InChI is InChI=1S/C13H13N3OS/c1-3-4-16-8(2)5-9-11(18)6-10-12(13(9)17-16)15-7-14-10/h5-7H,3-4H2,1-2H3. The lowest BCUT2D eigenvalue weighted by molar-refractivity contribution is 0.228. The third-order valence-electron chi connectivity index (χ3n) is 2.99. The summed E-state index contributed by atoms with van der Waals surface area (Å²) in [5, 5.41) is 0.933. The molecule has 1 aliphatic carbocycles. The molecule has 0 unspecified atom stereocenters. The number of nitrogens with zero attached hydrogens (tertiary/aromatic N) is 3. The molecular formula is C13H13N3OS. The zero-order chi connectivity index (χ0) is 12.7. The molecule has 0 N–H and O–H groups in total. The van der Waals surface area contributed by atoms with Gasteiger partial charge in [0.1, 0.15) is 12.0 Å². The Morgan fingerprint density at radius 2 is 2.17 bits per heavy atom. The lowest BCUT2D eigenvalue weighted by Gasteiger charge is -2.09. The van der Waals surface area contributed by atoms with E-state index < -0.39 is 0 Å². The summed E-state index contributed by atoms with van der Waals surface area (Å²) in [7, 11) is 0. The number of aryl methyl sites for hydroxylation is 2. The highest BCUT2D eigenvalue weighted by Gasteiger charge is 2.13. The van der Waals surface area contributed by atoms with Crippen molar-refractivity contribution >= 4 is 12.2 Å². The molecule has 2 heterocycles. The Hall–Kier alpha value is -1.75. The van der Waals surface area contributed by atoms with E-state index in [1.54, 1.807) is 6.33 Å². The molecule has 0 saturated heterocycles. The molecule has 4 nitrogen and oxygen atoms in total. The Kier molecular flexibility index (Phi) is 2.63. The topological polar surface area (TPSA) is 43.9 Å². The van der Waals surface area contributed by atoms with Gasteiger partial charge in [0, 0.05) is 10.9 Å². The first-order chi connectivity index (χ1) is 8.70. The predicted molar refractivity (Wildman–Crippen MR) is 70.1 cm³/mol. The molecule has 0 fully saturated rings. The van der Waals surface area contributed by atoms with Crippen LogP contribution >= 0.6 is 12.2 Å². The molecule has 5 heteroatoms. The van der Waals surface area contributed by atoms with E-state index in [0.717, 1.165) is 45.2 Å². The Bertz CT molecular complexity index is 789. The third kappa shape index (κ3) is 1.62. The summed E-state index contributed by atoms with van der Waals surface area (Å²) < 4.78 is 8.57. The maximum Gasteiger partial charge on any atom is 0.191 e. The van der Waals surface area contributed by atoms with Crippen molar-refractivity contribution in [3.8, 4) is 11.4 Å². The van der Waals surface area contributed by atoms with Crippen LogP contribution in [0.3, 0.4) is 0 Å². The first kappa shape index (κ1) is 11.3. The third-order valence-corrected chi connectivity index (χ3v) is 3.33. The minimum Gasteiger partial charge on any atom is -0.377 e. The average molecular weight is 259 g/mol. The van der Waals surface area contributed by atoms with Crippen molar-refractivity contribution in [1.82, 2.24) is 14.7 Å². The zero-order valence-electron chi connectivity index (χ0n) is 10.3. The molecule has 3 aliphatic rings. The second kappa shape index (κ2) is 4.17. The van der Waals surface area contributed by atoms with E-state index in [1.165, 1.54) is 0 Å². The molecule has 0 atom stereocenters. The Labute approximate surface area is 109 Å². The molecule has 0 saturated carbocycles. The van der Waals surface area contributed by atoms with Crippen LogP contribution in [0.2, 0.25) is 0 Å². The fourth-order valence-corrected chi connectivity index (χ4v) is 2.38. The molecule has 2 aliphatic heterocycles. The summed E-state index contributed by atoms with van der Waals surface area (Å²) >= 11 is 5.38. The molecule has 0 bridgehead atoms. The maximum atomic E-state index is 5.93. The van der Waals surface area contributed by atoms with Crippen molar-refractivity contribution in [2.45, 2.75) is 26.8 Å². The second-order valence-electron chi connectivity index (χ2n) is 4.34. The number of rotatable bonds is 2. The number of aromatic nitrogens is 3. The fourth-order valence-electron chi connectivity index (χ4n) is 2.12. The van der Waals surface area contributed by atoms with Gasteiger partial charge in [-0.2, -0.15) is 0 Å². The van der Waals surface area contributed by atoms with Gasteiger partial charge in [0.2, 0.25) is 0 Å². The molecule has 0 amide bonds. The van der Waals surface area contributed by atoms with Gasteiger partial charge in [-0.3, -0.25) is 0 Å². The summed E-state index contributed by atoms with van der Waals surface area (Å²) in [6.45, 7) is 4.99. The molecule has 0 aromatic heterocycles. The predicted octanol–water partition coefficient (Wildman–Crippen LogP) is 3.15. The summed E-state index contributed by atoms with van der Waals surface area (Å²) in [5.41, 5.74) is 3.37. The lowest BCUT2D eigenvalue weighted by atomic mass is 10.2. The van der Waals surface area contributed by atoms with E-state index in [4.69, 9.17) is 16.7 Å². The Balaban J connectivity index is 2.48. The van der Waals surface area contributed by atoms with Crippen LogP contribution in [-0.2, 0) is 6.54 Å². The highest BCUT2D eigenvalue weighted by molar-refractivity contribution is 7.71. The molecule has 0 spiro atoms. The van der Waals surface area contributed by atoms with Crippen LogP contribution in [0.4, 0.5) is 0 Å². The van der Waals surface area contributed by atoms with Crippen LogP contribution in [0.15, 0.2) is 23.0 Å². The number of hydrogen-bond acceptors (Lipinski definition) is 4. The molecule has 3 rings (SSSR count). The minimum absolute atomic E-state index is 0.731. The van der Waals surface area contributed by atoms with E-state index in [-0.39, 0.29) is 0 Å². The first-order valence-corrected chi connectivity index (χ1v) is 6.36. The van der Waals surface area contributed by atoms with Crippen molar-refractivity contribution in [3.05, 3.63) is 39.3 Å². The smallest absolute Gasteiger partial charge is 0.191 e. The maximum absolute atomic E-state index is 5.93. The number of fused-ring (bicyclic) bond motifs is 2. The molecular weight excluding hydrogens is 246 g/mol. The lowest BCUT2D eigenvalue weighted by Crippen LogP contribution is -2.04. The number of imidazole rings is 1. The number of hydrogen-bond donors (Lipinski definition) is 0. The van der Waals surface area contributed by atoms with Crippen molar-refractivity contribution in [3.63, 3.8) is 0 Å². The normalized spacial score (nSPS) is 11.4. The van der Waals surface area contributed by atoms with Gasteiger partial charge in [0.25, 0.3) is 0 Å². The van der Waals surface area contributed by atoms with Crippen molar-refractivity contribution in [2.24, 2.45) is 0 Å². The van der Waals surface area contributed by atoms with E-state index in [0.29, 0.717) is 0 Å². The molecule has 0 aromatic carbocycles. The van der Waals surface area contributed by atoms with E-state index in [1.807, 2.05) is 17.7 Å². The molecule has 0 radical (unpaired) electrons. The van der Waals surface area contributed by atoms with Crippen LogP contribution in [0, 0.1) is 22.1 Å². The minimum atomic E-state index is 0.731. The fraction of sp³-hybridized carbons (Fsp3) is 0.308. The monoisotopic (exact) mass is 259 g/mol. The van der Waals surface area contributed by atoms with Gasteiger partial charge in [-0.1, -0.05) is 19.1 Å². The van der Waals surface area contributed by atoms with Crippen molar-refractivity contribution in [2.75, 3.05) is 0 Å². The van der Waals surface area contributed by atoms with E-state index in [9.17, 15) is 0 Å². The van der Waals surface area contributed by atoms with Crippen LogP contribution in [0.1, 0.15) is 19.0 Å². The van der Waals surface area contributed by atoms with Gasteiger partial charge in [0.15, 0.2) is 5.42 Å². The Morgan fingerprint density at radius 3 is 2.94 bits per heavy atom. The van der Waals surface area contributed by atoms with Gasteiger partial charge in [-0.05, 0) is 25.5 Å². The highest BCUT2D eigenvalue weighted by Crippen LogP contribution is 2.21. The van der Waals surface area contributed by atoms with Gasteiger partial charge in [-0.15, -0.1) is 0 Å². The van der Waals surface area contributed by atoms with Gasteiger partial charge in [-0.25, -0.2) is 14.7 Å². The van der Waals surface area contributed by atoms with Crippen molar-refractivity contribution in [1.29, 1.82) is 0 Å². The summed E-state index contributed by atoms with van der Waals surface area (Å²) in [5.74, 6) is 0. The van der Waals surface area contributed by atoms with E-state index >= 15 is 0 Å². The largest absolute Gasteiger partial charge is 0.377 e. The summed E-state index contributed by atoms with van der Waals surface area (Å²) in [6, 6.07) is 3.93. The molecule has 18 heavy (non-hydrogen) atoms. The van der Waals surface area contributed by atoms with Crippen LogP contribution in [0.5, 0.6) is 0 Å². The molecule has 92 valence electrons. The second-order valence-corrected chi connectivity index (χ2v) is 4.78. The average Bonchev–Trinajstić information content (AvgIpc) is 2.79. The van der Waals surface area contributed by atoms with Gasteiger partial charge < -0.3 is 4.52 Å². The van der Waals surface area contributed by atoms with Gasteiger partial charge >= 0.3 is 0 Å². The Morgan fingerprint density at radius 1 is 1.33 bits per heavy atom. The van der Waals surface area contributed by atoms with Crippen LogP contribution in [-0.4, -0.2) is 14.7 Å². The van der Waals surface area contributed by atoms with Gasteiger partial charge in [0.05, 0.1) is 16.7 Å². The van der Waals surface area contributed by atoms with Crippen LogP contribution < -0.4 is 0 Å². The van der Waals surface area contributed by atoms with Crippen LogP contribution in [0.25, 0.3) is 11.4 Å². The van der Waals surface area contributed by atoms with Crippen molar-refractivity contribution < 1.29 is 4.52 Å². The highest BCUT2D eigenvalue weighted by atomic mass is 32.1. The summed E-state index contributed by atoms with van der Waals surface area (Å²) in [4.78, 5) is 8.44. The summed E-state index contributed by atoms with van der Waals surface area (Å²) in [6.07, 6.45) is 2.56.